The predicted octanol–water partition coefficient (Wildman–Crippen LogP) is 4.05. The van der Waals surface area contributed by atoms with Gasteiger partial charge in [0.05, 0.1) is 12.6 Å². The standard InChI is InChI=1S/C22H29N3O3/c1-5-16(4)28-20-12-10-18(11-13-20)23-14-21(26)25-19-8-6-17(7-9-19)22(27)24-15(2)3/h6-13,15-16,23H,5,14H2,1-4H3,(H,24,27)(H,25,26). The van der Waals surface area contributed by atoms with Crippen LogP contribution in [-0.4, -0.2) is 30.5 Å². The molecule has 28 heavy (non-hydrogen) atoms. The van der Waals surface area contributed by atoms with Crippen LogP contribution in [0.25, 0.3) is 0 Å². The second kappa shape index (κ2) is 10.3. The van der Waals surface area contributed by atoms with Gasteiger partial charge >= 0.3 is 0 Å². The third-order valence-electron chi connectivity index (χ3n) is 4.07. The minimum absolute atomic E-state index is 0.0774. The zero-order valence-corrected chi connectivity index (χ0v) is 16.9. The fraction of sp³-hybridized carbons (Fsp3) is 0.364. The fourth-order valence-corrected chi connectivity index (χ4v) is 2.40. The highest BCUT2D eigenvalue weighted by molar-refractivity contribution is 5.96. The Balaban J connectivity index is 1.81. The number of rotatable bonds is 9. The van der Waals surface area contributed by atoms with Crippen LogP contribution in [0.4, 0.5) is 11.4 Å². The Morgan fingerprint density at radius 2 is 1.54 bits per heavy atom. The van der Waals surface area contributed by atoms with E-state index in [9.17, 15) is 9.59 Å². The predicted molar refractivity (Wildman–Crippen MR) is 113 cm³/mol. The Morgan fingerprint density at radius 1 is 0.929 bits per heavy atom. The molecule has 0 aliphatic heterocycles. The zero-order chi connectivity index (χ0) is 20.5. The van der Waals surface area contributed by atoms with Gasteiger partial charge in [0.2, 0.25) is 5.91 Å². The Bertz CT molecular complexity index is 771. The van der Waals surface area contributed by atoms with Gasteiger partial charge in [-0.05, 0) is 75.7 Å². The first kappa shape index (κ1) is 21.3. The summed E-state index contributed by atoms with van der Waals surface area (Å²) >= 11 is 0. The van der Waals surface area contributed by atoms with Crippen LogP contribution in [0.2, 0.25) is 0 Å². The first-order valence-corrected chi connectivity index (χ1v) is 9.58. The molecule has 0 heterocycles. The van der Waals surface area contributed by atoms with Crippen LogP contribution in [0.1, 0.15) is 44.5 Å². The van der Waals surface area contributed by atoms with Gasteiger partial charge in [-0.2, -0.15) is 0 Å². The molecule has 0 aromatic heterocycles. The highest BCUT2D eigenvalue weighted by Crippen LogP contribution is 2.17. The van der Waals surface area contributed by atoms with Crippen LogP contribution in [0.5, 0.6) is 5.75 Å². The van der Waals surface area contributed by atoms with E-state index in [0.29, 0.717) is 11.3 Å². The molecule has 6 nitrogen and oxygen atoms in total. The van der Waals surface area contributed by atoms with E-state index in [1.165, 1.54) is 0 Å². The maximum Gasteiger partial charge on any atom is 0.251 e. The summed E-state index contributed by atoms with van der Waals surface area (Å²) in [6.07, 6.45) is 1.12. The SMILES string of the molecule is CCC(C)Oc1ccc(NCC(=O)Nc2ccc(C(=O)NC(C)C)cc2)cc1. The average Bonchev–Trinajstić information content (AvgIpc) is 2.67. The summed E-state index contributed by atoms with van der Waals surface area (Å²) < 4.78 is 5.74. The molecule has 0 aliphatic carbocycles. The molecule has 2 amide bonds. The molecule has 0 saturated carbocycles. The number of hydrogen-bond acceptors (Lipinski definition) is 4. The van der Waals surface area contributed by atoms with Crippen molar-refractivity contribution in [3.05, 3.63) is 54.1 Å². The second-order valence-corrected chi connectivity index (χ2v) is 6.97. The lowest BCUT2D eigenvalue weighted by atomic mass is 10.2. The van der Waals surface area contributed by atoms with E-state index in [-0.39, 0.29) is 30.5 Å². The van der Waals surface area contributed by atoms with E-state index >= 15 is 0 Å². The van der Waals surface area contributed by atoms with Crippen molar-refractivity contribution in [2.45, 2.75) is 46.3 Å². The van der Waals surface area contributed by atoms with Gasteiger partial charge in [-0.15, -0.1) is 0 Å². The van der Waals surface area contributed by atoms with Gasteiger partial charge in [0.25, 0.3) is 5.91 Å². The molecular weight excluding hydrogens is 354 g/mol. The molecule has 150 valence electrons. The monoisotopic (exact) mass is 383 g/mol. The van der Waals surface area contributed by atoms with Crippen molar-refractivity contribution in [3.63, 3.8) is 0 Å². The molecule has 1 atom stereocenters. The van der Waals surface area contributed by atoms with Gasteiger partial charge in [0.15, 0.2) is 0 Å². The molecule has 2 rings (SSSR count). The summed E-state index contributed by atoms with van der Waals surface area (Å²) in [4.78, 5) is 24.1. The summed E-state index contributed by atoms with van der Waals surface area (Å²) in [5.74, 6) is 0.514. The van der Waals surface area contributed by atoms with Crippen LogP contribution >= 0.6 is 0 Å². The van der Waals surface area contributed by atoms with Crippen molar-refractivity contribution in [3.8, 4) is 5.75 Å². The van der Waals surface area contributed by atoms with Gasteiger partial charge in [-0.1, -0.05) is 6.92 Å². The summed E-state index contributed by atoms with van der Waals surface area (Å²) in [6.45, 7) is 8.06. The first-order chi connectivity index (χ1) is 13.4. The van der Waals surface area contributed by atoms with Gasteiger partial charge in [-0.3, -0.25) is 9.59 Å². The largest absolute Gasteiger partial charge is 0.491 e. The van der Waals surface area contributed by atoms with Gasteiger partial charge in [0, 0.05) is 23.0 Å². The van der Waals surface area contributed by atoms with E-state index < -0.39 is 0 Å². The highest BCUT2D eigenvalue weighted by Gasteiger charge is 2.08. The van der Waals surface area contributed by atoms with Gasteiger partial charge in [0.1, 0.15) is 5.75 Å². The normalized spacial score (nSPS) is 11.6. The average molecular weight is 383 g/mol. The number of benzene rings is 2. The number of carbonyl (C=O) groups is 2. The van der Waals surface area contributed by atoms with E-state index in [4.69, 9.17) is 4.74 Å². The van der Waals surface area contributed by atoms with Crippen LogP contribution in [-0.2, 0) is 4.79 Å². The van der Waals surface area contributed by atoms with Crippen molar-refractivity contribution in [1.82, 2.24) is 5.32 Å². The molecule has 0 aliphatic rings. The number of carbonyl (C=O) groups excluding carboxylic acids is 2. The van der Waals surface area contributed by atoms with Crippen LogP contribution in [0.15, 0.2) is 48.5 Å². The second-order valence-electron chi connectivity index (χ2n) is 6.97. The minimum atomic E-state index is -0.167. The molecule has 3 N–H and O–H groups in total. The number of nitrogens with one attached hydrogen (secondary N) is 3. The van der Waals surface area contributed by atoms with Crippen molar-refractivity contribution in [2.24, 2.45) is 0 Å². The Hall–Kier alpha value is -3.02. The number of ether oxygens (including phenoxy) is 1. The fourth-order valence-electron chi connectivity index (χ4n) is 2.40. The molecule has 0 spiro atoms. The quantitative estimate of drug-likeness (QED) is 0.610. The minimum Gasteiger partial charge on any atom is -0.491 e. The highest BCUT2D eigenvalue weighted by atomic mass is 16.5. The van der Waals surface area contributed by atoms with E-state index in [1.807, 2.05) is 45.0 Å². The maximum absolute atomic E-state index is 12.1. The Labute approximate surface area is 166 Å². The third-order valence-corrected chi connectivity index (χ3v) is 4.07. The summed E-state index contributed by atoms with van der Waals surface area (Å²) in [7, 11) is 0. The Kier molecular flexibility index (Phi) is 7.87. The Morgan fingerprint density at radius 3 is 2.11 bits per heavy atom. The smallest absolute Gasteiger partial charge is 0.251 e. The lowest BCUT2D eigenvalue weighted by molar-refractivity contribution is -0.114. The molecule has 6 heteroatoms. The van der Waals surface area contributed by atoms with Crippen molar-refractivity contribution in [2.75, 3.05) is 17.2 Å². The molecule has 0 bridgehead atoms. The molecule has 2 aromatic rings. The topological polar surface area (TPSA) is 79.5 Å². The number of anilines is 2. The lowest BCUT2D eigenvalue weighted by Gasteiger charge is -2.13. The molecule has 0 fully saturated rings. The number of amides is 2. The summed E-state index contributed by atoms with van der Waals surface area (Å²) in [6, 6.07) is 14.4. The molecule has 0 saturated heterocycles. The molecular formula is C22H29N3O3. The van der Waals surface area contributed by atoms with Crippen LogP contribution in [0.3, 0.4) is 0 Å². The summed E-state index contributed by atoms with van der Waals surface area (Å²) in [5.41, 5.74) is 2.04. The van der Waals surface area contributed by atoms with Gasteiger partial charge < -0.3 is 20.7 Å². The van der Waals surface area contributed by atoms with Crippen molar-refractivity contribution in [1.29, 1.82) is 0 Å². The van der Waals surface area contributed by atoms with Crippen LogP contribution < -0.4 is 20.7 Å². The van der Waals surface area contributed by atoms with E-state index in [0.717, 1.165) is 17.9 Å². The molecule has 1 unspecified atom stereocenters. The zero-order valence-electron chi connectivity index (χ0n) is 16.9. The van der Waals surface area contributed by atoms with E-state index in [1.54, 1.807) is 24.3 Å². The first-order valence-electron chi connectivity index (χ1n) is 9.58. The van der Waals surface area contributed by atoms with Crippen molar-refractivity contribution < 1.29 is 14.3 Å². The van der Waals surface area contributed by atoms with Crippen LogP contribution in [0, 0.1) is 0 Å². The third kappa shape index (κ3) is 6.95. The van der Waals surface area contributed by atoms with Gasteiger partial charge in [-0.25, -0.2) is 0 Å². The lowest BCUT2D eigenvalue weighted by Crippen LogP contribution is -2.30. The number of hydrogen-bond donors (Lipinski definition) is 3. The maximum atomic E-state index is 12.1. The van der Waals surface area contributed by atoms with E-state index in [2.05, 4.69) is 22.9 Å². The molecule has 2 aromatic carbocycles. The summed E-state index contributed by atoms with van der Waals surface area (Å²) in [5, 5.41) is 8.72. The van der Waals surface area contributed by atoms with Crippen molar-refractivity contribution >= 4 is 23.2 Å². The molecule has 0 radical (unpaired) electrons.